The molecule has 0 bridgehead atoms. The Morgan fingerprint density at radius 3 is 2.39 bits per heavy atom. The molecule has 1 aliphatic heterocycles. The topological polar surface area (TPSA) is 81.3 Å². The van der Waals surface area contributed by atoms with Gasteiger partial charge in [0.15, 0.2) is 0 Å². The first-order valence-corrected chi connectivity index (χ1v) is 15.1. The predicted octanol–water partition coefficient (Wildman–Crippen LogP) is 6.48. The van der Waals surface area contributed by atoms with Crippen LogP contribution in [-0.2, 0) is 17.9 Å². The number of benzene rings is 3. The number of nitrogens with one attached hydrogen (secondary N) is 2. The Morgan fingerprint density at radius 1 is 0.977 bits per heavy atom. The van der Waals surface area contributed by atoms with E-state index in [1.807, 2.05) is 42.5 Å². The maximum absolute atomic E-state index is 12.5. The second-order valence-electron chi connectivity index (χ2n) is 11.5. The van der Waals surface area contributed by atoms with Gasteiger partial charge in [0.1, 0.15) is 0 Å². The van der Waals surface area contributed by atoms with E-state index in [1.165, 1.54) is 17.2 Å². The third-order valence-electron chi connectivity index (χ3n) is 8.49. The van der Waals surface area contributed by atoms with E-state index in [2.05, 4.69) is 82.3 Å². The summed E-state index contributed by atoms with van der Waals surface area (Å²) in [4.78, 5) is 36.7. The van der Waals surface area contributed by atoms with Crippen LogP contribution in [0.2, 0.25) is 0 Å². The van der Waals surface area contributed by atoms with Gasteiger partial charge >= 0.3 is 0 Å². The van der Waals surface area contributed by atoms with E-state index in [9.17, 15) is 9.59 Å². The molecule has 1 fully saturated rings. The van der Waals surface area contributed by atoms with Crippen molar-refractivity contribution in [3.8, 4) is 22.4 Å². The molecule has 0 saturated carbocycles. The number of hydrogen-bond acceptors (Lipinski definition) is 5. The lowest BCUT2D eigenvalue weighted by Crippen LogP contribution is -2.42. The number of nitrogens with zero attached hydrogens (tertiary/aromatic N) is 3. The Kier molecular flexibility index (Phi) is 8.77. The van der Waals surface area contributed by atoms with Crippen LogP contribution >= 0.6 is 0 Å². The molecule has 44 heavy (non-hydrogen) atoms. The number of pyridine rings is 2. The summed E-state index contributed by atoms with van der Waals surface area (Å²) in [6.45, 7) is 7.41. The molecule has 2 N–H and O–H groups in total. The average molecular weight is 584 g/mol. The molecule has 1 saturated heterocycles. The zero-order valence-corrected chi connectivity index (χ0v) is 25.0. The van der Waals surface area contributed by atoms with Gasteiger partial charge in [-0.25, -0.2) is 4.98 Å². The number of aromatic nitrogens is 2. The number of amides is 1. The summed E-state index contributed by atoms with van der Waals surface area (Å²) in [6.07, 6.45) is 5.18. The molecule has 7 nitrogen and oxygen atoms in total. The van der Waals surface area contributed by atoms with Gasteiger partial charge in [-0.1, -0.05) is 73.3 Å². The molecule has 3 heterocycles. The number of carbonyl (C=O) groups is 1. The van der Waals surface area contributed by atoms with Crippen molar-refractivity contribution in [1.29, 1.82) is 0 Å². The smallest absolute Gasteiger partial charge is 0.257 e. The minimum Gasteiger partial charge on any atom is -0.328 e. The number of anilines is 1. The van der Waals surface area contributed by atoms with E-state index in [1.54, 1.807) is 6.20 Å². The molecule has 0 spiro atoms. The highest BCUT2D eigenvalue weighted by Crippen LogP contribution is 2.33. The van der Waals surface area contributed by atoms with Crippen LogP contribution in [-0.4, -0.2) is 51.9 Å². The molecule has 7 heteroatoms. The maximum atomic E-state index is 12.5. The van der Waals surface area contributed by atoms with Crippen LogP contribution in [0.3, 0.4) is 0 Å². The van der Waals surface area contributed by atoms with E-state index in [4.69, 9.17) is 4.98 Å². The van der Waals surface area contributed by atoms with Crippen LogP contribution < -0.4 is 10.9 Å². The molecule has 1 amide bonds. The molecule has 0 unspecified atom stereocenters. The van der Waals surface area contributed by atoms with Crippen LogP contribution in [0.1, 0.15) is 24.0 Å². The van der Waals surface area contributed by atoms with Crippen molar-refractivity contribution >= 4 is 22.5 Å². The second kappa shape index (κ2) is 13.2. The minimum atomic E-state index is -0.199. The summed E-state index contributed by atoms with van der Waals surface area (Å²) in [7, 11) is 2.20. The summed E-state index contributed by atoms with van der Waals surface area (Å²) in [5.41, 5.74) is 7.74. The van der Waals surface area contributed by atoms with Crippen LogP contribution in [0, 0.1) is 0 Å². The number of piperidine rings is 1. The van der Waals surface area contributed by atoms with E-state index in [0.717, 1.165) is 67.1 Å². The van der Waals surface area contributed by atoms with Crippen LogP contribution in [0.15, 0.2) is 115 Å². The fourth-order valence-corrected chi connectivity index (χ4v) is 6.02. The molecule has 3 aromatic carbocycles. The van der Waals surface area contributed by atoms with Crippen molar-refractivity contribution in [3.63, 3.8) is 0 Å². The predicted molar refractivity (Wildman–Crippen MR) is 178 cm³/mol. The standard InChI is InChI=1S/C37H37N5O2/c1-3-35(43)39-30-15-11-26(12-16-30)24-41(2)31-18-21-42(22-19-31)25-27-9-13-29(14-10-27)36-32(28-7-5-4-6-8-28)23-33-34(40-36)17-20-38-37(33)44/h3-17,20,23,31H,1,18-19,21-22,24-25H2,2H3,(H,38,44)(H,39,43). The van der Waals surface area contributed by atoms with Crippen molar-refractivity contribution in [2.24, 2.45) is 0 Å². The van der Waals surface area contributed by atoms with Gasteiger partial charge in [0.05, 0.1) is 16.6 Å². The van der Waals surface area contributed by atoms with Crippen LogP contribution in [0.5, 0.6) is 0 Å². The maximum Gasteiger partial charge on any atom is 0.257 e. The number of hydrogen-bond donors (Lipinski definition) is 2. The Balaban J connectivity index is 1.09. The van der Waals surface area contributed by atoms with Crippen molar-refractivity contribution in [2.45, 2.75) is 32.0 Å². The van der Waals surface area contributed by atoms with Gasteiger partial charge in [-0.2, -0.15) is 0 Å². The van der Waals surface area contributed by atoms with Crippen molar-refractivity contribution in [3.05, 3.63) is 131 Å². The number of fused-ring (bicyclic) bond motifs is 1. The highest BCUT2D eigenvalue weighted by molar-refractivity contribution is 5.98. The highest BCUT2D eigenvalue weighted by Gasteiger charge is 2.23. The number of H-pyrrole nitrogens is 1. The summed E-state index contributed by atoms with van der Waals surface area (Å²) in [5, 5.41) is 3.39. The van der Waals surface area contributed by atoms with Crippen molar-refractivity contribution in [2.75, 3.05) is 25.5 Å². The molecule has 1 aliphatic rings. The Bertz CT molecular complexity index is 1810. The zero-order chi connectivity index (χ0) is 30.5. The van der Waals surface area contributed by atoms with Gasteiger partial charge in [0, 0.05) is 42.1 Å². The van der Waals surface area contributed by atoms with Crippen molar-refractivity contribution < 1.29 is 4.79 Å². The number of carbonyl (C=O) groups excluding carboxylic acids is 1. The van der Waals surface area contributed by atoms with Crippen LogP contribution in [0.4, 0.5) is 5.69 Å². The van der Waals surface area contributed by atoms with E-state index < -0.39 is 0 Å². The monoisotopic (exact) mass is 583 g/mol. The second-order valence-corrected chi connectivity index (χ2v) is 11.5. The lowest BCUT2D eigenvalue weighted by molar-refractivity contribution is -0.111. The summed E-state index contributed by atoms with van der Waals surface area (Å²) >= 11 is 0. The summed E-state index contributed by atoms with van der Waals surface area (Å²) in [6, 6.07) is 31.2. The zero-order valence-electron chi connectivity index (χ0n) is 25.0. The largest absolute Gasteiger partial charge is 0.328 e. The third kappa shape index (κ3) is 6.70. The molecule has 5 aromatic rings. The molecule has 0 aliphatic carbocycles. The molecule has 6 rings (SSSR count). The molecule has 0 atom stereocenters. The number of rotatable bonds is 9. The van der Waals surface area contributed by atoms with E-state index in [-0.39, 0.29) is 11.5 Å². The van der Waals surface area contributed by atoms with E-state index >= 15 is 0 Å². The quantitative estimate of drug-likeness (QED) is 0.194. The Labute approximate surface area is 257 Å². The Hall–Kier alpha value is -4.85. The minimum absolute atomic E-state index is 0.131. The highest BCUT2D eigenvalue weighted by atomic mass is 16.1. The average Bonchev–Trinajstić information content (AvgIpc) is 3.06. The van der Waals surface area contributed by atoms with Gasteiger partial charge in [-0.05, 0) is 80.0 Å². The normalized spacial score (nSPS) is 14.1. The van der Waals surface area contributed by atoms with Gasteiger partial charge in [0.25, 0.3) is 5.56 Å². The van der Waals surface area contributed by atoms with Crippen LogP contribution in [0.25, 0.3) is 33.3 Å². The SMILES string of the molecule is C=CC(=O)Nc1ccc(CN(C)C2CCN(Cc3ccc(-c4nc5cc[nH]c(=O)c5cc4-c4ccccc4)cc3)CC2)cc1. The van der Waals surface area contributed by atoms with Gasteiger partial charge in [-0.15, -0.1) is 0 Å². The molecular formula is C37H37N5O2. The molecule has 222 valence electrons. The molecular weight excluding hydrogens is 546 g/mol. The fourth-order valence-electron chi connectivity index (χ4n) is 6.02. The first-order chi connectivity index (χ1) is 21.5. The van der Waals surface area contributed by atoms with Gasteiger partial charge < -0.3 is 10.3 Å². The van der Waals surface area contributed by atoms with E-state index in [0.29, 0.717) is 16.9 Å². The van der Waals surface area contributed by atoms with Gasteiger partial charge in [0.2, 0.25) is 5.91 Å². The lowest BCUT2D eigenvalue weighted by atomic mass is 9.97. The Morgan fingerprint density at radius 2 is 1.68 bits per heavy atom. The lowest BCUT2D eigenvalue weighted by Gasteiger charge is -2.37. The van der Waals surface area contributed by atoms with Gasteiger partial charge in [-0.3, -0.25) is 19.4 Å². The number of aromatic amines is 1. The fraction of sp³-hybridized carbons (Fsp3) is 0.216. The van der Waals surface area contributed by atoms with Crippen molar-refractivity contribution in [1.82, 2.24) is 19.8 Å². The summed E-state index contributed by atoms with van der Waals surface area (Å²) < 4.78 is 0. The molecule has 0 radical (unpaired) electrons. The first-order valence-electron chi connectivity index (χ1n) is 15.1. The number of likely N-dealkylation sites (tertiary alicyclic amines) is 1. The summed E-state index contributed by atoms with van der Waals surface area (Å²) in [5.74, 6) is -0.199. The third-order valence-corrected chi connectivity index (χ3v) is 8.49. The first kappa shape index (κ1) is 29.2. The molecule has 2 aromatic heterocycles.